The van der Waals surface area contributed by atoms with Crippen LogP contribution in [0.5, 0.6) is 0 Å². The summed E-state index contributed by atoms with van der Waals surface area (Å²) in [6.07, 6.45) is 7.93. The first-order valence-corrected chi connectivity index (χ1v) is 9.30. The predicted octanol–water partition coefficient (Wildman–Crippen LogP) is 4.42. The molecule has 1 aliphatic rings. The van der Waals surface area contributed by atoms with E-state index in [1.165, 1.54) is 12.0 Å². The summed E-state index contributed by atoms with van der Waals surface area (Å²) in [5, 5.41) is 3.20. The zero-order valence-electron chi connectivity index (χ0n) is 13.6. The number of carbonyl (C=O) groups is 1. The van der Waals surface area contributed by atoms with E-state index in [4.69, 9.17) is 0 Å². The summed E-state index contributed by atoms with van der Waals surface area (Å²) in [6, 6.07) is 10.4. The van der Waals surface area contributed by atoms with Gasteiger partial charge in [0.25, 0.3) is 0 Å². The molecule has 0 heterocycles. The molecule has 0 aromatic heterocycles. The Kier molecular flexibility index (Phi) is 7.04. The first-order valence-electron chi connectivity index (χ1n) is 8.25. The molecule has 2 rings (SSSR count). The van der Waals surface area contributed by atoms with E-state index in [1.807, 2.05) is 6.07 Å². The molecular formula is C19H27NOS. The molecule has 0 fully saturated rings. The van der Waals surface area contributed by atoms with Gasteiger partial charge >= 0.3 is 0 Å². The summed E-state index contributed by atoms with van der Waals surface area (Å²) >= 11 is 1.75. The molecule has 1 aromatic rings. The molecule has 120 valence electrons. The molecular weight excluding hydrogens is 290 g/mol. The average molecular weight is 317 g/mol. The van der Waals surface area contributed by atoms with Gasteiger partial charge in [-0.2, -0.15) is 0 Å². The maximum Gasteiger partial charge on any atom is 0.233 e. The summed E-state index contributed by atoms with van der Waals surface area (Å²) < 4.78 is 0. The Balaban J connectivity index is 1.81. The fourth-order valence-corrected chi connectivity index (χ4v) is 3.90. The smallest absolute Gasteiger partial charge is 0.233 e. The molecule has 0 bridgehead atoms. The quantitative estimate of drug-likeness (QED) is 0.754. The highest BCUT2D eigenvalue weighted by Crippen LogP contribution is 2.24. The second-order valence-corrected chi connectivity index (χ2v) is 7.49. The van der Waals surface area contributed by atoms with Gasteiger partial charge in [-0.05, 0) is 36.7 Å². The summed E-state index contributed by atoms with van der Waals surface area (Å²) in [4.78, 5) is 12.5. The molecule has 0 saturated carbocycles. The zero-order valence-corrected chi connectivity index (χ0v) is 14.4. The largest absolute Gasteiger partial charge is 0.355 e. The van der Waals surface area contributed by atoms with Gasteiger partial charge in [-0.1, -0.05) is 56.3 Å². The molecule has 22 heavy (non-hydrogen) atoms. The molecule has 1 amide bonds. The van der Waals surface area contributed by atoms with Crippen LogP contribution < -0.4 is 5.32 Å². The molecule has 0 spiro atoms. The van der Waals surface area contributed by atoms with E-state index >= 15 is 0 Å². The van der Waals surface area contributed by atoms with Crippen LogP contribution in [0.3, 0.4) is 0 Å². The van der Waals surface area contributed by atoms with Gasteiger partial charge in [-0.3, -0.25) is 4.79 Å². The standard InChI is InChI=1S/C19H27NOS/c1-15(2)18(22-14-17-11-7-4-8-12-17)19(21)20-13-16-9-5-3-6-10-16/h3-5,7-8,11-12,15-16,18H,6,9-10,13-14H2,1-2H3,(H,20,21). The third-order valence-electron chi connectivity index (χ3n) is 4.08. The lowest BCUT2D eigenvalue weighted by atomic mass is 9.94. The van der Waals surface area contributed by atoms with Gasteiger partial charge in [-0.15, -0.1) is 11.8 Å². The van der Waals surface area contributed by atoms with Crippen molar-refractivity contribution in [2.45, 2.75) is 44.1 Å². The molecule has 0 aliphatic heterocycles. The first kappa shape index (κ1) is 17.1. The lowest BCUT2D eigenvalue weighted by Gasteiger charge is -2.23. The zero-order chi connectivity index (χ0) is 15.8. The van der Waals surface area contributed by atoms with E-state index in [0.717, 1.165) is 25.1 Å². The number of benzene rings is 1. The van der Waals surface area contributed by atoms with Gasteiger partial charge in [-0.25, -0.2) is 0 Å². The van der Waals surface area contributed by atoms with Crippen LogP contribution in [0.4, 0.5) is 0 Å². The van der Waals surface area contributed by atoms with Crippen molar-refractivity contribution >= 4 is 17.7 Å². The van der Waals surface area contributed by atoms with Crippen LogP contribution >= 0.6 is 11.8 Å². The van der Waals surface area contributed by atoms with Gasteiger partial charge in [0, 0.05) is 12.3 Å². The number of thioether (sulfide) groups is 1. The third kappa shape index (κ3) is 5.53. The van der Waals surface area contributed by atoms with E-state index in [2.05, 4.69) is 55.6 Å². The van der Waals surface area contributed by atoms with Gasteiger partial charge in [0.05, 0.1) is 5.25 Å². The van der Waals surface area contributed by atoms with Crippen molar-refractivity contribution in [2.75, 3.05) is 6.54 Å². The minimum atomic E-state index is 0.0272. The monoisotopic (exact) mass is 317 g/mol. The lowest BCUT2D eigenvalue weighted by molar-refractivity contribution is -0.121. The number of amides is 1. The van der Waals surface area contributed by atoms with Gasteiger partial charge in [0.2, 0.25) is 5.91 Å². The second-order valence-electron chi connectivity index (χ2n) is 6.36. The van der Waals surface area contributed by atoms with E-state index in [1.54, 1.807) is 11.8 Å². The Morgan fingerprint density at radius 2 is 2.05 bits per heavy atom. The SMILES string of the molecule is CC(C)C(SCc1ccccc1)C(=O)NCC1CC=CCC1. The minimum absolute atomic E-state index is 0.0272. The number of nitrogens with one attached hydrogen (secondary N) is 1. The Morgan fingerprint density at radius 1 is 1.27 bits per heavy atom. The van der Waals surface area contributed by atoms with E-state index < -0.39 is 0 Å². The Bertz CT molecular complexity index is 483. The second kappa shape index (κ2) is 9.04. The van der Waals surface area contributed by atoms with Gasteiger partial charge in [0.15, 0.2) is 0 Å². The molecule has 3 heteroatoms. The van der Waals surface area contributed by atoms with Crippen LogP contribution in [0.2, 0.25) is 0 Å². The van der Waals surface area contributed by atoms with Crippen molar-refractivity contribution in [3.63, 3.8) is 0 Å². The van der Waals surface area contributed by atoms with Crippen LogP contribution in [0, 0.1) is 11.8 Å². The third-order valence-corrected chi connectivity index (χ3v) is 5.70. The van der Waals surface area contributed by atoms with E-state index in [9.17, 15) is 4.79 Å². The van der Waals surface area contributed by atoms with Gasteiger partial charge in [0.1, 0.15) is 0 Å². The average Bonchev–Trinajstić information content (AvgIpc) is 2.55. The molecule has 2 atom stereocenters. The Morgan fingerprint density at radius 3 is 2.68 bits per heavy atom. The number of carbonyl (C=O) groups excluding carboxylic acids is 1. The fourth-order valence-electron chi connectivity index (χ4n) is 2.72. The fraction of sp³-hybridized carbons (Fsp3) is 0.526. The first-order chi connectivity index (χ1) is 10.7. The summed E-state index contributed by atoms with van der Waals surface area (Å²) in [7, 11) is 0. The number of allylic oxidation sites excluding steroid dienone is 2. The highest BCUT2D eigenvalue weighted by Gasteiger charge is 2.23. The van der Waals surface area contributed by atoms with E-state index in [0.29, 0.717) is 11.8 Å². The van der Waals surface area contributed by atoms with E-state index in [-0.39, 0.29) is 11.2 Å². The van der Waals surface area contributed by atoms with Crippen molar-refractivity contribution in [3.8, 4) is 0 Å². The molecule has 0 saturated heterocycles. The van der Waals surface area contributed by atoms with Crippen LogP contribution in [0.15, 0.2) is 42.5 Å². The molecule has 2 unspecified atom stereocenters. The van der Waals surface area contributed by atoms with Crippen LogP contribution in [0.1, 0.15) is 38.7 Å². The summed E-state index contributed by atoms with van der Waals surface area (Å²) in [5.41, 5.74) is 1.28. The predicted molar refractivity (Wildman–Crippen MR) is 95.9 cm³/mol. The normalized spacial score (nSPS) is 19.1. The highest BCUT2D eigenvalue weighted by atomic mass is 32.2. The van der Waals surface area contributed by atoms with Crippen molar-refractivity contribution in [1.29, 1.82) is 0 Å². The van der Waals surface area contributed by atoms with Gasteiger partial charge < -0.3 is 5.32 Å². The number of rotatable bonds is 7. The Labute approximate surface area is 138 Å². The summed E-state index contributed by atoms with van der Waals surface area (Å²) in [5.74, 6) is 2.05. The molecule has 0 radical (unpaired) electrons. The lowest BCUT2D eigenvalue weighted by Crippen LogP contribution is -2.38. The minimum Gasteiger partial charge on any atom is -0.355 e. The van der Waals surface area contributed by atoms with Crippen molar-refractivity contribution in [1.82, 2.24) is 5.32 Å². The molecule has 2 nitrogen and oxygen atoms in total. The summed E-state index contributed by atoms with van der Waals surface area (Å²) in [6.45, 7) is 5.08. The number of hydrogen-bond acceptors (Lipinski definition) is 2. The highest BCUT2D eigenvalue weighted by molar-refractivity contribution is 7.99. The maximum absolute atomic E-state index is 12.5. The maximum atomic E-state index is 12.5. The van der Waals surface area contributed by atoms with Crippen molar-refractivity contribution in [2.24, 2.45) is 11.8 Å². The van der Waals surface area contributed by atoms with Crippen LogP contribution in [-0.4, -0.2) is 17.7 Å². The molecule has 1 aromatic carbocycles. The van der Waals surface area contributed by atoms with Crippen LogP contribution in [-0.2, 0) is 10.5 Å². The van der Waals surface area contributed by atoms with Crippen molar-refractivity contribution < 1.29 is 4.79 Å². The van der Waals surface area contributed by atoms with Crippen molar-refractivity contribution in [3.05, 3.63) is 48.0 Å². The van der Waals surface area contributed by atoms with Crippen LogP contribution in [0.25, 0.3) is 0 Å². The molecule has 1 N–H and O–H groups in total. The Hall–Kier alpha value is -1.22. The number of hydrogen-bond donors (Lipinski definition) is 1. The molecule has 1 aliphatic carbocycles. The topological polar surface area (TPSA) is 29.1 Å².